The molecule has 204 valence electrons. The summed E-state index contributed by atoms with van der Waals surface area (Å²) in [6.45, 7) is 0. The second kappa shape index (κ2) is 8.76. The van der Waals surface area contributed by atoms with E-state index in [1.807, 2.05) is 36.4 Å². The summed E-state index contributed by atoms with van der Waals surface area (Å²) in [5.41, 5.74) is 5.41. The normalized spacial score (nSPS) is 12.1. The third-order valence-corrected chi connectivity index (χ3v) is 8.99. The Morgan fingerprint density at radius 1 is 0.432 bits per heavy atom. The number of benzene rings is 7. The maximum atomic E-state index is 6.57. The minimum Gasteiger partial charge on any atom is -0.450 e. The molecule has 0 aliphatic rings. The molecular formula is C40H23N3O. The van der Waals surface area contributed by atoms with Gasteiger partial charge in [-0.25, -0.2) is 9.97 Å². The van der Waals surface area contributed by atoms with Crippen LogP contribution in [0.4, 0.5) is 0 Å². The number of fused-ring (bicyclic) bond motifs is 13. The van der Waals surface area contributed by atoms with Crippen LogP contribution in [-0.2, 0) is 0 Å². The fraction of sp³-hybridized carbons (Fsp3) is 0. The second-order valence-corrected chi connectivity index (χ2v) is 11.3. The molecule has 7 aromatic carbocycles. The van der Waals surface area contributed by atoms with Crippen LogP contribution in [0.25, 0.3) is 93.4 Å². The summed E-state index contributed by atoms with van der Waals surface area (Å²) in [5, 5.41) is 10.9. The Morgan fingerprint density at radius 2 is 1.02 bits per heavy atom. The molecule has 0 amide bonds. The third-order valence-electron chi connectivity index (χ3n) is 8.99. The van der Waals surface area contributed by atoms with Crippen molar-refractivity contribution in [1.82, 2.24) is 14.5 Å². The van der Waals surface area contributed by atoms with Gasteiger partial charge in [-0.1, -0.05) is 115 Å². The van der Waals surface area contributed by atoms with Crippen LogP contribution in [0.3, 0.4) is 0 Å². The summed E-state index contributed by atoms with van der Waals surface area (Å²) < 4.78 is 8.84. The van der Waals surface area contributed by atoms with Crippen LogP contribution in [-0.4, -0.2) is 14.5 Å². The van der Waals surface area contributed by atoms with Crippen molar-refractivity contribution in [2.45, 2.75) is 0 Å². The molecule has 0 aliphatic carbocycles. The monoisotopic (exact) mass is 561 g/mol. The summed E-state index contributed by atoms with van der Waals surface area (Å²) in [6.07, 6.45) is 0. The zero-order valence-corrected chi connectivity index (χ0v) is 23.5. The lowest BCUT2D eigenvalue weighted by molar-refractivity contribution is 0.662. The molecule has 0 atom stereocenters. The highest BCUT2D eigenvalue weighted by Crippen LogP contribution is 2.44. The topological polar surface area (TPSA) is 43.9 Å². The van der Waals surface area contributed by atoms with Crippen LogP contribution in [0.2, 0.25) is 0 Å². The lowest BCUT2D eigenvalue weighted by atomic mass is 9.92. The Hall–Kier alpha value is -6.00. The Morgan fingerprint density at radius 3 is 1.80 bits per heavy atom. The Balaban J connectivity index is 1.44. The van der Waals surface area contributed by atoms with E-state index < -0.39 is 0 Å². The van der Waals surface area contributed by atoms with E-state index in [1.165, 1.54) is 43.1 Å². The van der Waals surface area contributed by atoms with Gasteiger partial charge in [0.1, 0.15) is 11.1 Å². The van der Waals surface area contributed by atoms with Crippen LogP contribution < -0.4 is 0 Å². The Bertz CT molecular complexity index is 2740. The third kappa shape index (κ3) is 3.11. The SMILES string of the molecule is c1ccc(-c2nc(-n3c4ccccc4c4c5c6ccccc6c6ccccc6c5ccc43)c3oc4ccccc4c3n2)cc1. The van der Waals surface area contributed by atoms with Gasteiger partial charge in [0.15, 0.2) is 17.2 Å². The van der Waals surface area contributed by atoms with Crippen molar-refractivity contribution in [3.8, 4) is 17.2 Å². The predicted molar refractivity (Wildman–Crippen MR) is 182 cm³/mol. The maximum absolute atomic E-state index is 6.57. The number of rotatable bonds is 2. The molecule has 0 bridgehead atoms. The highest BCUT2D eigenvalue weighted by molar-refractivity contribution is 6.35. The van der Waals surface area contributed by atoms with Crippen molar-refractivity contribution in [2.24, 2.45) is 0 Å². The first-order valence-electron chi connectivity index (χ1n) is 14.9. The van der Waals surface area contributed by atoms with Gasteiger partial charge >= 0.3 is 0 Å². The van der Waals surface area contributed by atoms with Gasteiger partial charge in [0, 0.05) is 27.1 Å². The minimum atomic E-state index is 0.669. The lowest BCUT2D eigenvalue weighted by Gasteiger charge is -2.13. The molecule has 0 N–H and O–H groups in total. The number of aromatic nitrogens is 3. The molecule has 0 aliphatic heterocycles. The van der Waals surface area contributed by atoms with Crippen molar-refractivity contribution in [3.63, 3.8) is 0 Å². The first-order chi connectivity index (χ1) is 21.8. The average Bonchev–Trinajstić information content (AvgIpc) is 3.64. The van der Waals surface area contributed by atoms with Gasteiger partial charge in [-0.05, 0) is 51.2 Å². The predicted octanol–water partition coefficient (Wildman–Crippen LogP) is 10.6. The first-order valence-corrected chi connectivity index (χ1v) is 14.9. The van der Waals surface area contributed by atoms with E-state index in [9.17, 15) is 0 Å². The highest BCUT2D eigenvalue weighted by Gasteiger charge is 2.23. The molecule has 0 fully saturated rings. The fourth-order valence-electron chi connectivity index (χ4n) is 7.13. The molecule has 3 heterocycles. The smallest absolute Gasteiger partial charge is 0.197 e. The number of nitrogens with zero attached hydrogens (tertiary/aromatic N) is 3. The molecule has 0 radical (unpaired) electrons. The van der Waals surface area contributed by atoms with Crippen LogP contribution in [0, 0.1) is 0 Å². The van der Waals surface area contributed by atoms with E-state index in [2.05, 4.69) is 108 Å². The van der Waals surface area contributed by atoms with E-state index in [0.29, 0.717) is 11.4 Å². The molecule has 0 saturated carbocycles. The molecule has 0 spiro atoms. The summed E-state index contributed by atoms with van der Waals surface area (Å²) in [6, 6.07) is 49.0. The number of hydrogen-bond acceptors (Lipinski definition) is 3. The highest BCUT2D eigenvalue weighted by atomic mass is 16.3. The molecular weight excluding hydrogens is 538 g/mol. The molecule has 44 heavy (non-hydrogen) atoms. The van der Waals surface area contributed by atoms with E-state index in [0.717, 1.165) is 38.9 Å². The molecule has 10 rings (SSSR count). The van der Waals surface area contributed by atoms with Crippen molar-refractivity contribution in [2.75, 3.05) is 0 Å². The molecule has 0 saturated heterocycles. The Kier molecular flexibility index (Phi) is 4.69. The van der Waals surface area contributed by atoms with Gasteiger partial charge in [-0.3, -0.25) is 4.57 Å². The van der Waals surface area contributed by atoms with E-state index >= 15 is 0 Å². The summed E-state index contributed by atoms with van der Waals surface area (Å²) in [5.74, 6) is 1.41. The van der Waals surface area contributed by atoms with Gasteiger partial charge in [-0.15, -0.1) is 0 Å². The quantitative estimate of drug-likeness (QED) is 0.197. The summed E-state index contributed by atoms with van der Waals surface area (Å²) in [4.78, 5) is 10.3. The Labute approximate surface area is 251 Å². The largest absolute Gasteiger partial charge is 0.450 e. The molecule has 3 aromatic heterocycles. The first kappa shape index (κ1) is 23.6. The van der Waals surface area contributed by atoms with Gasteiger partial charge in [0.25, 0.3) is 0 Å². The number of para-hydroxylation sites is 2. The standard InChI is InChI=1S/C40H23N3O/c1-2-12-24(13-3-1)39-41-37-31-19-9-11-21-34(31)44-38(37)40(42-39)43-32-20-10-8-18-30(32)36-33(43)23-22-29-27-16-5-4-14-25(27)26-15-6-7-17-28(26)35(29)36/h1-23H. The molecule has 4 heteroatoms. The fourth-order valence-corrected chi connectivity index (χ4v) is 7.13. The lowest BCUT2D eigenvalue weighted by Crippen LogP contribution is -2.01. The minimum absolute atomic E-state index is 0.669. The van der Waals surface area contributed by atoms with Crippen molar-refractivity contribution < 1.29 is 4.42 Å². The van der Waals surface area contributed by atoms with Gasteiger partial charge in [0.2, 0.25) is 0 Å². The van der Waals surface area contributed by atoms with E-state index in [-0.39, 0.29) is 0 Å². The number of hydrogen-bond donors (Lipinski definition) is 0. The van der Waals surface area contributed by atoms with E-state index in [1.54, 1.807) is 0 Å². The van der Waals surface area contributed by atoms with Crippen LogP contribution in [0.5, 0.6) is 0 Å². The van der Waals surface area contributed by atoms with E-state index in [4.69, 9.17) is 14.4 Å². The molecule has 10 aromatic rings. The van der Waals surface area contributed by atoms with Gasteiger partial charge in [0.05, 0.1) is 11.0 Å². The second-order valence-electron chi connectivity index (χ2n) is 11.3. The zero-order chi connectivity index (χ0) is 28.8. The van der Waals surface area contributed by atoms with Crippen molar-refractivity contribution >= 4 is 76.2 Å². The molecule has 4 nitrogen and oxygen atoms in total. The van der Waals surface area contributed by atoms with Crippen LogP contribution in [0.1, 0.15) is 0 Å². The zero-order valence-electron chi connectivity index (χ0n) is 23.5. The summed E-state index contributed by atoms with van der Waals surface area (Å²) in [7, 11) is 0. The van der Waals surface area contributed by atoms with Gasteiger partial charge < -0.3 is 4.42 Å². The van der Waals surface area contributed by atoms with Crippen LogP contribution >= 0.6 is 0 Å². The average molecular weight is 562 g/mol. The van der Waals surface area contributed by atoms with Gasteiger partial charge in [-0.2, -0.15) is 0 Å². The molecule has 0 unspecified atom stereocenters. The van der Waals surface area contributed by atoms with Crippen molar-refractivity contribution in [1.29, 1.82) is 0 Å². The maximum Gasteiger partial charge on any atom is 0.197 e. The van der Waals surface area contributed by atoms with Crippen molar-refractivity contribution in [3.05, 3.63) is 140 Å². The van der Waals surface area contributed by atoms with Crippen LogP contribution in [0.15, 0.2) is 144 Å². The number of furan rings is 1. The summed E-state index contributed by atoms with van der Waals surface area (Å²) >= 11 is 0.